The maximum atomic E-state index is 12.9. The third kappa shape index (κ3) is 11.2. The van der Waals surface area contributed by atoms with E-state index in [1.54, 1.807) is 90.4 Å². The molecule has 8 rings (SSSR count). The summed E-state index contributed by atoms with van der Waals surface area (Å²) in [7, 11) is -3.94. The van der Waals surface area contributed by atoms with Crippen LogP contribution in [0.3, 0.4) is 0 Å². The van der Waals surface area contributed by atoms with Crippen molar-refractivity contribution in [2.24, 2.45) is 5.16 Å². The molecule has 17 nitrogen and oxygen atoms in total. The highest BCUT2D eigenvalue weighted by atomic mass is 35.5. The first-order chi connectivity index (χ1) is 34.4. The molecule has 0 bridgehead atoms. The Balaban J connectivity index is 0.000000214. The minimum absolute atomic E-state index is 0.165. The molecule has 73 heavy (non-hydrogen) atoms. The molecule has 4 aromatic carbocycles. The number of ketones is 1. The maximum absolute atomic E-state index is 12.9. The zero-order valence-corrected chi connectivity index (χ0v) is 45.3. The minimum atomic E-state index is -3.54. The molecular formula is C52H59Cl2N9O8S2. The van der Waals surface area contributed by atoms with Gasteiger partial charge in [-0.2, -0.15) is 9.97 Å². The molecule has 5 N–H and O–H groups in total. The molecule has 2 heterocycles. The standard InChI is InChI=1S/C26H30ClN5O4S.C26H29ClN4O4S/c1-15(2)37(34,35)22-9-7-6-8-19(22)29-24-18(27)14-28-25(31-24)30-20-12-16-10-11-23(32-33)26(3,4)17(16)13-21(20)36-5;1-15(2)36(33,34)22-9-7-6-8-19(22)29-24-18(27)14-28-25(31-24)30-20-12-16-10-11-23(32)26(3,4)17(16)13-21(20)35-5/h6-9,12-15,33H,10-11H2,1-5H3,(H2,28,29,30,31);6-9,12-15H,10-11H2,1-5H3,(H2,28,29,30,31)/b32-23+;. The summed E-state index contributed by atoms with van der Waals surface area (Å²) in [5.74, 6) is 2.34. The largest absolute Gasteiger partial charge is 0.495 e. The number of halogens is 2. The van der Waals surface area contributed by atoms with Crippen molar-refractivity contribution in [2.75, 3.05) is 35.5 Å². The van der Waals surface area contributed by atoms with Crippen molar-refractivity contribution < 1.29 is 36.3 Å². The molecule has 0 spiro atoms. The smallest absolute Gasteiger partial charge is 0.229 e. The number of aryl methyl sites for hydroxylation is 2. The van der Waals surface area contributed by atoms with Gasteiger partial charge in [-0.15, -0.1) is 0 Å². The molecule has 2 aliphatic carbocycles. The Bertz CT molecular complexity index is 3350. The molecule has 21 heteroatoms. The summed E-state index contributed by atoms with van der Waals surface area (Å²) in [5.41, 5.74) is 5.88. The second kappa shape index (κ2) is 21.5. The first-order valence-corrected chi connectivity index (χ1v) is 27.2. The predicted octanol–water partition coefficient (Wildman–Crippen LogP) is 11.5. The van der Waals surface area contributed by atoms with Gasteiger partial charge >= 0.3 is 0 Å². The number of ether oxygens (including phenoxy) is 2. The van der Waals surface area contributed by atoms with Crippen molar-refractivity contribution in [3.8, 4) is 11.5 Å². The van der Waals surface area contributed by atoms with Crippen LogP contribution >= 0.6 is 23.2 Å². The lowest BCUT2D eigenvalue weighted by molar-refractivity contribution is -0.124. The molecule has 0 unspecified atom stereocenters. The summed E-state index contributed by atoms with van der Waals surface area (Å²) in [5, 5.41) is 24.7. The van der Waals surface area contributed by atoms with Gasteiger partial charge in [0.05, 0.1) is 75.4 Å². The van der Waals surface area contributed by atoms with Crippen LogP contribution in [0, 0.1) is 0 Å². The Kier molecular flexibility index (Phi) is 16.0. The van der Waals surface area contributed by atoms with Crippen molar-refractivity contribution in [1.29, 1.82) is 0 Å². The van der Waals surface area contributed by atoms with E-state index >= 15 is 0 Å². The summed E-state index contributed by atoms with van der Waals surface area (Å²) in [6.45, 7) is 14.4. The van der Waals surface area contributed by atoms with E-state index in [2.05, 4.69) is 46.4 Å². The number of carbonyl (C=O) groups excluding carboxylic acids is 1. The Morgan fingerprint density at radius 3 is 1.42 bits per heavy atom. The quantitative estimate of drug-likeness (QED) is 0.0504. The third-order valence-electron chi connectivity index (χ3n) is 13.1. The number of nitrogens with one attached hydrogen (secondary N) is 4. The number of hydrogen-bond acceptors (Lipinski definition) is 17. The number of nitrogens with zero attached hydrogens (tertiary/aromatic N) is 5. The van der Waals surface area contributed by atoms with Crippen LogP contribution < -0.4 is 30.7 Å². The normalized spacial score (nSPS) is 15.4. The highest BCUT2D eigenvalue weighted by molar-refractivity contribution is 7.92. The van der Waals surface area contributed by atoms with Crippen LogP contribution in [0.25, 0.3) is 0 Å². The number of aromatic nitrogens is 4. The molecule has 0 saturated carbocycles. The highest BCUT2D eigenvalue weighted by Gasteiger charge is 2.37. The number of fused-ring (bicyclic) bond motifs is 2. The van der Waals surface area contributed by atoms with E-state index in [0.29, 0.717) is 59.9 Å². The number of Topliss-reactive ketones (excluding diaryl/α,β-unsaturated/α-hetero) is 1. The molecule has 6 aromatic rings. The summed E-state index contributed by atoms with van der Waals surface area (Å²) in [6.07, 6.45) is 5.36. The fourth-order valence-corrected chi connectivity index (χ4v) is 11.3. The van der Waals surface area contributed by atoms with Gasteiger partial charge in [-0.1, -0.05) is 66.5 Å². The molecule has 0 atom stereocenters. The summed E-state index contributed by atoms with van der Waals surface area (Å²) < 4.78 is 62.6. The van der Waals surface area contributed by atoms with Crippen LogP contribution in [0.1, 0.15) is 90.5 Å². The summed E-state index contributed by atoms with van der Waals surface area (Å²) in [4.78, 5) is 30.4. The lowest BCUT2D eigenvalue weighted by Gasteiger charge is -2.34. The zero-order chi connectivity index (χ0) is 53.2. The van der Waals surface area contributed by atoms with Crippen molar-refractivity contribution >= 4 is 101 Å². The van der Waals surface area contributed by atoms with Gasteiger partial charge in [-0.25, -0.2) is 26.8 Å². The van der Waals surface area contributed by atoms with E-state index < -0.39 is 41.0 Å². The van der Waals surface area contributed by atoms with Crippen molar-refractivity contribution in [2.45, 2.75) is 112 Å². The number of carbonyl (C=O) groups is 1. The van der Waals surface area contributed by atoms with Crippen molar-refractivity contribution in [3.05, 3.63) is 117 Å². The monoisotopic (exact) mass is 1070 g/mol. The lowest BCUT2D eigenvalue weighted by Crippen LogP contribution is -2.34. The number of anilines is 8. The fraction of sp³-hybridized carbons (Fsp3) is 0.346. The topological polar surface area (TPSA) is 236 Å². The number of rotatable bonds is 14. The van der Waals surface area contributed by atoms with E-state index in [-0.39, 0.29) is 49.2 Å². The number of para-hydroxylation sites is 2. The summed E-state index contributed by atoms with van der Waals surface area (Å²) >= 11 is 12.7. The van der Waals surface area contributed by atoms with Gasteiger partial charge in [0.25, 0.3) is 0 Å². The van der Waals surface area contributed by atoms with E-state index in [0.717, 1.165) is 28.0 Å². The van der Waals surface area contributed by atoms with Gasteiger partial charge in [0, 0.05) is 17.3 Å². The molecule has 0 fully saturated rings. The van der Waals surface area contributed by atoms with Gasteiger partial charge in [0.2, 0.25) is 11.9 Å². The molecule has 2 aromatic heterocycles. The minimum Gasteiger partial charge on any atom is -0.495 e. The van der Waals surface area contributed by atoms with Crippen molar-refractivity contribution in [1.82, 2.24) is 19.9 Å². The van der Waals surface area contributed by atoms with Gasteiger partial charge in [0.15, 0.2) is 31.3 Å². The van der Waals surface area contributed by atoms with E-state index in [1.807, 2.05) is 52.0 Å². The lowest BCUT2D eigenvalue weighted by atomic mass is 9.71. The van der Waals surface area contributed by atoms with Crippen LogP contribution in [0.5, 0.6) is 11.5 Å². The number of methoxy groups -OCH3 is 2. The number of sulfone groups is 2. The average Bonchev–Trinajstić information content (AvgIpc) is 3.35. The fourth-order valence-electron chi connectivity index (χ4n) is 8.64. The van der Waals surface area contributed by atoms with E-state index in [1.165, 1.54) is 12.4 Å². The Morgan fingerprint density at radius 1 is 0.603 bits per heavy atom. The SMILES string of the molecule is COc1cc2c(cc1Nc1ncc(Cl)c(Nc3ccccc3S(=O)(=O)C(C)C)n1)CC/C(=N\O)C2(C)C.COc1cc2c(cc1Nc1ncc(Cl)c(Nc3ccccc3S(=O)(=O)C(C)C)n1)CCC(=O)C2(C)C. The molecule has 386 valence electrons. The highest BCUT2D eigenvalue weighted by Crippen LogP contribution is 2.43. The van der Waals surface area contributed by atoms with E-state index in [4.69, 9.17) is 32.7 Å². The molecule has 2 aliphatic rings. The Hall–Kier alpha value is -6.54. The summed E-state index contributed by atoms with van der Waals surface area (Å²) in [6, 6.07) is 21.0. The molecule has 0 radical (unpaired) electrons. The number of oxime groups is 1. The third-order valence-corrected chi connectivity index (χ3v) is 18.1. The van der Waals surface area contributed by atoms with Crippen molar-refractivity contribution in [3.63, 3.8) is 0 Å². The van der Waals surface area contributed by atoms with Crippen LogP contribution in [0.15, 0.2) is 100 Å². The average molecular weight is 1070 g/mol. The van der Waals surface area contributed by atoms with Gasteiger partial charge in [-0.3, -0.25) is 4.79 Å². The first-order valence-electron chi connectivity index (χ1n) is 23.4. The second-order valence-electron chi connectivity index (χ2n) is 19.1. The van der Waals surface area contributed by atoms with Gasteiger partial charge in [0.1, 0.15) is 27.3 Å². The van der Waals surface area contributed by atoms with Gasteiger partial charge in [-0.05, 0) is 132 Å². The van der Waals surface area contributed by atoms with Crippen LogP contribution in [-0.4, -0.2) is 78.2 Å². The maximum Gasteiger partial charge on any atom is 0.229 e. The first kappa shape index (κ1) is 54.2. The van der Waals surface area contributed by atoms with Gasteiger partial charge < -0.3 is 35.9 Å². The molecule has 0 saturated heterocycles. The molecular weight excluding hydrogens is 1010 g/mol. The second-order valence-corrected chi connectivity index (χ2v) is 24.9. The number of hydrogen-bond donors (Lipinski definition) is 5. The number of benzene rings is 4. The van der Waals surface area contributed by atoms with E-state index in [9.17, 15) is 26.8 Å². The van der Waals surface area contributed by atoms with Crippen LogP contribution in [0.4, 0.5) is 46.3 Å². The Morgan fingerprint density at radius 2 is 1.01 bits per heavy atom. The molecule has 0 aliphatic heterocycles. The molecule has 0 amide bonds. The Labute approximate surface area is 436 Å². The predicted molar refractivity (Wildman–Crippen MR) is 288 cm³/mol. The zero-order valence-electron chi connectivity index (χ0n) is 42.2. The van der Waals surface area contributed by atoms with Crippen LogP contribution in [-0.2, 0) is 48.1 Å². The van der Waals surface area contributed by atoms with Crippen LogP contribution in [0.2, 0.25) is 10.0 Å².